The van der Waals surface area contributed by atoms with E-state index >= 15 is 0 Å². The lowest BCUT2D eigenvalue weighted by molar-refractivity contribution is 0.481. The Hall–Kier alpha value is -2.20. The van der Waals surface area contributed by atoms with Gasteiger partial charge in [-0.3, -0.25) is 9.36 Å². The molecule has 10 heteroatoms. The van der Waals surface area contributed by atoms with Crippen molar-refractivity contribution < 1.29 is 0 Å². The van der Waals surface area contributed by atoms with Gasteiger partial charge in [0.1, 0.15) is 10.7 Å². The van der Waals surface area contributed by atoms with Gasteiger partial charge in [0, 0.05) is 11.4 Å². The maximum atomic E-state index is 13.4. The van der Waals surface area contributed by atoms with Crippen LogP contribution in [0.2, 0.25) is 0 Å². The molecule has 29 heavy (non-hydrogen) atoms. The molecule has 0 amide bonds. The molecule has 3 aromatic heterocycles. The Morgan fingerprint density at radius 3 is 2.55 bits per heavy atom. The Morgan fingerprint density at radius 1 is 1.10 bits per heavy atom. The highest BCUT2D eigenvalue weighted by Crippen LogP contribution is 2.35. The molecule has 154 valence electrons. The maximum Gasteiger partial charge on any atom is 0.263 e. The van der Waals surface area contributed by atoms with Gasteiger partial charge in [0.05, 0.1) is 11.1 Å². The first-order valence-corrected chi connectivity index (χ1v) is 11.7. The summed E-state index contributed by atoms with van der Waals surface area (Å²) in [6.07, 6.45) is 5.27. The average Bonchev–Trinajstić information content (AvgIpc) is 3.03. The van der Waals surface area contributed by atoms with E-state index in [4.69, 9.17) is 16.5 Å². The second kappa shape index (κ2) is 8.27. The van der Waals surface area contributed by atoms with E-state index in [1.54, 1.807) is 11.3 Å². The van der Waals surface area contributed by atoms with Crippen molar-refractivity contribution in [3.8, 4) is 0 Å². The zero-order chi connectivity index (χ0) is 20.5. The number of rotatable bonds is 6. The van der Waals surface area contributed by atoms with E-state index in [0.29, 0.717) is 29.2 Å². The highest BCUT2D eigenvalue weighted by Gasteiger charge is 2.22. The van der Waals surface area contributed by atoms with Crippen molar-refractivity contribution in [3.05, 3.63) is 26.6 Å². The number of fused-ring (bicyclic) bond motifs is 3. The molecule has 0 unspecified atom stereocenters. The fourth-order valence-electron chi connectivity index (χ4n) is 3.56. The molecule has 1 aliphatic carbocycles. The number of aryl methyl sites for hydroxylation is 2. The lowest BCUT2D eigenvalue weighted by atomic mass is 9.97. The molecular weight excluding hydrogens is 406 g/mol. The molecule has 0 fully saturated rings. The van der Waals surface area contributed by atoms with Gasteiger partial charge in [-0.2, -0.15) is 15.0 Å². The smallest absolute Gasteiger partial charge is 0.263 e. The Balaban J connectivity index is 1.74. The summed E-state index contributed by atoms with van der Waals surface area (Å²) in [5.74, 6) is 1.59. The van der Waals surface area contributed by atoms with Crippen LogP contribution in [0.3, 0.4) is 0 Å². The van der Waals surface area contributed by atoms with Crippen LogP contribution in [0.15, 0.2) is 9.95 Å². The molecular formula is C19H25N7OS2. The van der Waals surface area contributed by atoms with Crippen molar-refractivity contribution in [3.63, 3.8) is 0 Å². The molecule has 0 bridgehead atoms. The maximum absolute atomic E-state index is 13.4. The Bertz CT molecular complexity index is 1090. The third-order valence-corrected chi connectivity index (χ3v) is 7.17. The number of nitrogens with two attached hydrogens (primary N) is 2. The van der Waals surface area contributed by atoms with Gasteiger partial charge in [-0.25, -0.2) is 4.98 Å². The minimum absolute atomic E-state index is 0.0761. The van der Waals surface area contributed by atoms with Gasteiger partial charge in [0.25, 0.3) is 5.56 Å². The zero-order valence-corrected chi connectivity index (χ0v) is 18.3. The van der Waals surface area contributed by atoms with E-state index in [1.807, 2.05) is 4.57 Å². The van der Waals surface area contributed by atoms with Crippen LogP contribution in [0.25, 0.3) is 10.2 Å². The van der Waals surface area contributed by atoms with Crippen LogP contribution in [-0.4, -0.2) is 24.5 Å². The van der Waals surface area contributed by atoms with Crippen LogP contribution < -0.4 is 17.0 Å². The van der Waals surface area contributed by atoms with E-state index < -0.39 is 0 Å². The number of thioether (sulfide) groups is 1. The number of anilines is 2. The minimum Gasteiger partial charge on any atom is -0.368 e. The average molecular weight is 432 g/mol. The third kappa shape index (κ3) is 4.23. The zero-order valence-electron chi connectivity index (χ0n) is 16.6. The lowest BCUT2D eigenvalue weighted by Crippen LogP contribution is -2.24. The summed E-state index contributed by atoms with van der Waals surface area (Å²) in [5, 5.41) is 1.52. The van der Waals surface area contributed by atoms with E-state index in [-0.39, 0.29) is 17.5 Å². The number of hydrogen-bond donors (Lipinski definition) is 2. The van der Waals surface area contributed by atoms with E-state index in [1.165, 1.54) is 28.6 Å². The van der Waals surface area contributed by atoms with Gasteiger partial charge in [-0.05, 0) is 43.6 Å². The van der Waals surface area contributed by atoms with Crippen molar-refractivity contribution in [2.24, 2.45) is 5.92 Å². The molecule has 3 aromatic rings. The Labute approximate surface area is 177 Å². The van der Waals surface area contributed by atoms with Gasteiger partial charge in [0.2, 0.25) is 11.9 Å². The van der Waals surface area contributed by atoms with Crippen molar-refractivity contribution >= 4 is 45.2 Å². The standard InChI is InChI=1S/C19H25N7OS2/c1-10(2)7-8-26-16(27)14-11-5-3-4-6-12(11)29-15(14)24-19(26)28-9-13-22-17(20)25-18(21)23-13/h10H,3-9H2,1-2H3,(H4,20,21,22,23,25). The summed E-state index contributed by atoms with van der Waals surface area (Å²) in [7, 11) is 0. The summed E-state index contributed by atoms with van der Waals surface area (Å²) >= 11 is 3.11. The van der Waals surface area contributed by atoms with E-state index in [9.17, 15) is 4.79 Å². The molecule has 0 aromatic carbocycles. The fraction of sp³-hybridized carbons (Fsp3) is 0.526. The van der Waals surface area contributed by atoms with Crippen LogP contribution in [0.4, 0.5) is 11.9 Å². The molecule has 0 saturated carbocycles. The van der Waals surface area contributed by atoms with Crippen LogP contribution in [-0.2, 0) is 25.1 Å². The largest absolute Gasteiger partial charge is 0.368 e. The van der Waals surface area contributed by atoms with Gasteiger partial charge >= 0.3 is 0 Å². The highest BCUT2D eigenvalue weighted by atomic mass is 32.2. The van der Waals surface area contributed by atoms with Crippen LogP contribution >= 0.6 is 23.1 Å². The van der Waals surface area contributed by atoms with E-state index in [0.717, 1.165) is 35.9 Å². The molecule has 4 N–H and O–H groups in total. The van der Waals surface area contributed by atoms with Gasteiger partial charge in [0.15, 0.2) is 5.16 Å². The van der Waals surface area contributed by atoms with Gasteiger partial charge in [-0.15, -0.1) is 11.3 Å². The molecule has 0 atom stereocenters. The van der Waals surface area contributed by atoms with Crippen LogP contribution in [0.1, 0.15) is 49.4 Å². The van der Waals surface area contributed by atoms with Crippen molar-refractivity contribution in [2.75, 3.05) is 11.5 Å². The summed E-state index contributed by atoms with van der Waals surface area (Å²) in [5.41, 5.74) is 12.6. The molecule has 0 saturated heterocycles. The predicted molar refractivity (Wildman–Crippen MR) is 118 cm³/mol. The first-order valence-electron chi connectivity index (χ1n) is 9.86. The van der Waals surface area contributed by atoms with Crippen LogP contribution in [0.5, 0.6) is 0 Å². The normalized spacial score (nSPS) is 13.9. The van der Waals surface area contributed by atoms with Crippen molar-refractivity contribution in [1.82, 2.24) is 24.5 Å². The monoisotopic (exact) mass is 431 g/mol. The first kappa shape index (κ1) is 20.1. The second-order valence-corrected chi connectivity index (χ2v) is 9.71. The van der Waals surface area contributed by atoms with Crippen molar-refractivity contribution in [1.29, 1.82) is 0 Å². The lowest BCUT2D eigenvalue weighted by Gasteiger charge is -2.14. The number of nitrogens with zero attached hydrogens (tertiary/aromatic N) is 5. The summed E-state index contributed by atoms with van der Waals surface area (Å²) < 4.78 is 1.82. The molecule has 4 rings (SSSR count). The Kier molecular flexibility index (Phi) is 5.73. The predicted octanol–water partition coefficient (Wildman–Crippen LogP) is 3.02. The quantitative estimate of drug-likeness (QED) is 0.450. The van der Waals surface area contributed by atoms with Crippen LogP contribution in [0, 0.1) is 5.92 Å². The number of aromatic nitrogens is 5. The Morgan fingerprint density at radius 2 is 1.83 bits per heavy atom. The molecule has 8 nitrogen and oxygen atoms in total. The summed E-state index contributed by atoms with van der Waals surface area (Å²) in [6.45, 7) is 4.97. The second-order valence-electron chi connectivity index (χ2n) is 7.68. The molecule has 3 heterocycles. The topological polar surface area (TPSA) is 126 Å². The molecule has 0 aliphatic heterocycles. The van der Waals surface area contributed by atoms with E-state index in [2.05, 4.69) is 28.8 Å². The number of thiophene rings is 1. The highest BCUT2D eigenvalue weighted by molar-refractivity contribution is 7.98. The van der Waals surface area contributed by atoms with Crippen molar-refractivity contribution in [2.45, 2.75) is 63.4 Å². The minimum atomic E-state index is 0.0761. The fourth-order valence-corrected chi connectivity index (χ4v) is 5.75. The third-order valence-electron chi connectivity index (χ3n) is 5.02. The molecule has 0 spiro atoms. The van der Waals surface area contributed by atoms with Gasteiger partial charge in [-0.1, -0.05) is 25.6 Å². The SMILES string of the molecule is CC(C)CCn1c(SCc2nc(N)nc(N)n2)nc2sc3c(c2c1=O)CCCC3. The molecule has 1 aliphatic rings. The number of nitrogen functional groups attached to an aromatic ring is 2. The molecule has 0 radical (unpaired) electrons. The number of hydrogen-bond acceptors (Lipinski definition) is 9. The summed E-state index contributed by atoms with van der Waals surface area (Å²) in [6, 6.07) is 0. The van der Waals surface area contributed by atoms with Gasteiger partial charge < -0.3 is 11.5 Å². The summed E-state index contributed by atoms with van der Waals surface area (Å²) in [4.78, 5) is 32.6. The first-order chi connectivity index (χ1) is 13.9.